The molecule has 0 radical (unpaired) electrons. The van der Waals surface area contributed by atoms with Gasteiger partial charge in [-0.2, -0.15) is 16.8 Å². The molecular weight excluding hydrogens is 316 g/mol. The molecule has 0 spiro atoms. The summed E-state index contributed by atoms with van der Waals surface area (Å²) in [5, 5.41) is 0. The quantitative estimate of drug-likeness (QED) is 0.253. The Balaban J connectivity index is 0. The van der Waals surface area contributed by atoms with E-state index < -0.39 is 20.8 Å². The summed E-state index contributed by atoms with van der Waals surface area (Å²) in [5.74, 6) is 2.06. The third-order valence-corrected chi connectivity index (χ3v) is 4.50. The minimum Gasteiger partial charge on any atom is -0.330 e. The molecule has 0 aliphatic rings. The average molecular weight is 330 g/mol. The summed E-state index contributed by atoms with van der Waals surface area (Å²) in [6.07, 6.45) is 0. The van der Waals surface area contributed by atoms with Gasteiger partial charge in [0, 0.05) is 24.6 Å². The van der Waals surface area contributed by atoms with E-state index in [4.69, 9.17) is 20.6 Å². The van der Waals surface area contributed by atoms with Crippen LogP contribution in [0.15, 0.2) is 0 Å². The van der Waals surface area contributed by atoms with Crippen LogP contribution in [0, 0.1) is 0 Å². The molecule has 0 heterocycles. The Morgan fingerprint density at radius 2 is 1.18 bits per heavy atom. The molecule has 0 aromatic rings. The highest BCUT2D eigenvalue weighted by molar-refractivity contribution is 8.76. The van der Waals surface area contributed by atoms with Crippen molar-refractivity contribution in [2.24, 2.45) is 11.5 Å². The summed E-state index contributed by atoms with van der Waals surface area (Å²) in [7, 11) is -6.66. The van der Waals surface area contributed by atoms with E-state index in [1.807, 2.05) is 0 Å². The van der Waals surface area contributed by atoms with E-state index in [0.29, 0.717) is 0 Å². The maximum atomic E-state index is 9.44. The first-order chi connectivity index (χ1) is 7.62. The van der Waals surface area contributed by atoms with Crippen molar-refractivity contribution in [2.45, 2.75) is 0 Å². The molecule has 0 rings (SSSR count). The lowest BCUT2D eigenvalue weighted by atomic mass is 10.8. The van der Waals surface area contributed by atoms with E-state index in [2.05, 4.69) is 3.63 Å². The van der Waals surface area contributed by atoms with Crippen LogP contribution in [-0.2, 0) is 24.4 Å². The minimum atomic E-state index is -5.12. The molecule has 0 saturated carbocycles. The van der Waals surface area contributed by atoms with Crippen LogP contribution in [0.3, 0.4) is 0 Å². The first-order valence-corrected chi connectivity index (χ1v) is 9.14. The van der Waals surface area contributed by atoms with E-state index in [1.165, 1.54) is 0 Å². The largest absolute Gasteiger partial charge is 0.413 e. The summed E-state index contributed by atoms with van der Waals surface area (Å²) in [6, 6.07) is 0. The first kappa shape index (κ1) is 19.7. The van der Waals surface area contributed by atoms with Crippen molar-refractivity contribution in [3.63, 3.8) is 0 Å². The van der Waals surface area contributed by atoms with Gasteiger partial charge in [-0.15, -0.1) is 3.63 Å². The molecule has 0 amide bonds. The number of rotatable bonds is 7. The molecule has 106 valence electrons. The van der Waals surface area contributed by atoms with Gasteiger partial charge < -0.3 is 11.5 Å². The molecule has 17 heavy (non-hydrogen) atoms. The Morgan fingerprint density at radius 3 is 1.29 bits per heavy atom. The Morgan fingerprint density at radius 1 is 0.882 bits per heavy atom. The number of hydrogen-bond donors (Lipinski definition) is 4. The predicted molar refractivity (Wildman–Crippen MR) is 67.2 cm³/mol. The lowest BCUT2D eigenvalue weighted by molar-refractivity contribution is 0.344. The summed E-state index contributed by atoms with van der Waals surface area (Å²) in [6.45, 7) is 1.53. The monoisotopic (exact) mass is 330 g/mol. The molecule has 0 atom stereocenters. The molecule has 0 aromatic heterocycles. The van der Waals surface area contributed by atoms with Gasteiger partial charge in [0.15, 0.2) is 0 Å². The van der Waals surface area contributed by atoms with E-state index in [1.54, 1.807) is 21.6 Å². The lowest BCUT2D eigenvalue weighted by Gasteiger charge is -1.93. The zero-order chi connectivity index (χ0) is 13.9. The number of nitrogens with two attached hydrogens (primary N) is 2. The summed E-state index contributed by atoms with van der Waals surface area (Å²) < 4.78 is 55.6. The zero-order valence-corrected chi connectivity index (χ0v) is 11.8. The highest BCUT2D eigenvalue weighted by atomic mass is 33.1. The molecule has 9 nitrogen and oxygen atoms in total. The van der Waals surface area contributed by atoms with Gasteiger partial charge in [0.25, 0.3) is 0 Å². The number of hydrogen-bond acceptors (Lipinski definition) is 9. The van der Waals surface area contributed by atoms with Crippen LogP contribution in [0.4, 0.5) is 0 Å². The summed E-state index contributed by atoms with van der Waals surface area (Å²) in [5.41, 5.74) is 10.5. The molecule has 0 aromatic carbocycles. The lowest BCUT2D eigenvalue weighted by Crippen LogP contribution is -2.10. The molecule has 0 aliphatic heterocycles. The van der Waals surface area contributed by atoms with Crippen molar-refractivity contribution >= 4 is 42.4 Å². The zero-order valence-electron chi connectivity index (χ0n) is 8.55. The van der Waals surface area contributed by atoms with Gasteiger partial charge in [-0.1, -0.05) is 21.6 Å². The van der Waals surface area contributed by atoms with Gasteiger partial charge in [-0.05, 0) is 0 Å². The van der Waals surface area contributed by atoms with Crippen LogP contribution in [0.2, 0.25) is 0 Å². The SMILES string of the molecule is NCCSSCCN.O=S(=O)(O)OS(=O)(=O)O. The van der Waals surface area contributed by atoms with Gasteiger partial charge in [0.1, 0.15) is 0 Å². The fourth-order valence-corrected chi connectivity index (χ4v) is 2.90. The molecular formula is C4H14N2O7S4. The predicted octanol–water partition coefficient (Wildman–Crippen LogP) is -1.11. The highest BCUT2D eigenvalue weighted by Gasteiger charge is 2.15. The second-order valence-electron chi connectivity index (χ2n) is 2.14. The van der Waals surface area contributed by atoms with E-state index in [9.17, 15) is 16.8 Å². The van der Waals surface area contributed by atoms with Gasteiger partial charge >= 0.3 is 20.8 Å². The van der Waals surface area contributed by atoms with Crippen molar-refractivity contribution < 1.29 is 29.6 Å². The summed E-state index contributed by atoms with van der Waals surface area (Å²) in [4.78, 5) is 0. The van der Waals surface area contributed by atoms with Crippen LogP contribution in [-0.4, -0.2) is 50.5 Å². The van der Waals surface area contributed by atoms with Crippen LogP contribution < -0.4 is 11.5 Å². The molecule has 13 heteroatoms. The van der Waals surface area contributed by atoms with Gasteiger partial charge in [-0.25, -0.2) is 0 Å². The third kappa shape index (κ3) is 26.2. The topological polar surface area (TPSA) is 170 Å². The molecule has 0 aliphatic carbocycles. The third-order valence-electron chi connectivity index (χ3n) is 0.658. The van der Waals surface area contributed by atoms with Crippen LogP contribution in [0.5, 0.6) is 0 Å². The molecule has 6 N–H and O–H groups in total. The molecule has 0 saturated heterocycles. The Kier molecular flexibility index (Phi) is 12.0. The molecule has 0 bridgehead atoms. The van der Waals surface area contributed by atoms with E-state index >= 15 is 0 Å². The van der Waals surface area contributed by atoms with Crippen LogP contribution in [0.1, 0.15) is 0 Å². The first-order valence-electron chi connectivity index (χ1n) is 3.93. The second kappa shape index (κ2) is 10.3. The van der Waals surface area contributed by atoms with Crippen molar-refractivity contribution in [3.8, 4) is 0 Å². The van der Waals surface area contributed by atoms with Crippen LogP contribution in [0.25, 0.3) is 0 Å². The molecule has 0 unspecified atom stereocenters. The Hall–Kier alpha value is 0.400. The van der Waals surface area contributed by atoms with Crippen molar-refractivity contribution in [1.82, 2.24) is 0 Å². The van der Waals surface area contributed by atoms with Crippen molar-refractivity contribution in [3.05, 3.63) is 0 Å². The Labute approximate surface area is 108 Å². The molecule has 0 fully saturated rings. The van der Waals surface area contributed by atoms with Crippen molar-refractivity contribution in [2.75, 3.05) is 24.6 Å². The maximum Gasteiger partial charge on any atom is 0.413 e. The van der Waals surface area contributed by atoms with E-state index in [0.717, 1.165) is 24.6 Å². The highest BCUT2D eigenvalue weighted by Crippen LogP contribution is 2.18. The average Bonchev–Trinajstić information content (AvgIpc) is 2.07. The van der Waals surface area contributed by atoms with Crippen molar-refractivity contribution in [1.29, 1.82) is 0 Å². The summed E-state index contributed by atoms with van der Waals surface area (Å²) >= 11 is 0. The normalized spacial score (nSPS) is 11.8. The maximum absolute atomic E-state index is 9.44. The smallest absolute Gasteiger partial charge is 0.330 e. The van der Waals surface area contributed by atoms with Gasteiger partial charge in [0.2, 0.25) is 0 Å². The van der Waals surface area contributed by atoms with Gasteiger partial charge in [0.05, 0.1) is 0 Å². The second-order valence-corrected chi connectivity index (χ2v) is 7.10. The van der Waals surface area contributed by atoms with Crippen LogP contribution >= 0.6 is 21.6 Å². The fraction of sp³-hybridized carbons (Fsp3) is 1.00. The van der Waals surface area contributed by atoms with E-state index in [-0.39, 0.29) is 0 Å². The fourth-order valence-electron chi connectivity index (χ4n) is 0.323. The van der Waals surface area contributed by atoms with Gasteiger partial charge in [-0.3, -0.25) is 9.11 Å². The Bertz CT molecular complexity index is 329. The minimum absolute atomic E-state index is 0.766. The standard InChI is InChI=1S/C4H12N2S2.H2O7S2/c5-1-3-7-8-4-2-6;1-8(2,3)7-9(4,5)6/h1-6H2;(H,1,2,3)(H,4,5,6).